The van der Waals surface area contributed by atoms with Crippen LogP contribution in [-0.4, -0.2) is 29.2 Å². The number of amides is 1. The number of alkyl halides is 1. The number of likely N-dealkylation sites (tertiary alicyclic amines) is 1. The topological polar surface area (TPSA) is 20.3 Å². The molecule has 2 nitrogen and oxygen atoms in total. The summed E-state index contributed by atoms with van der Waals surface area (Å²) in [7, 11) is 0. The zero-order valence-electron chi connectivity index (χ0n) is 10.0. The van der Waals surface area contributed by atoms with Crippen molar-refractivity contribution >= 4 is 21.8 Å². The number of carbonyl (C=O) groups is 1. The first-order valence-electron chi connectivity index (χ1n) is 6.60. The summed E-state index contributed by atoms with van der Waals surface area (Å²) >= 11 is 3.34. The summed E-state index contributed by atoms with van der Waals surface area (Å²) in [6.45, 7) is 2.01. The van der Waals surface area contributed by atoms with Crippen LogP contribution in [0.1, 0.15) is 51.4 Å². The van der Waals surface area contributed by atoms with E-state index in [4.69, 9.17) is 0 Å². The number of halogens is 1. The van der Waals surface area contributed by atoms with Crippen molar-refractivity contribution in [3.05, 3.63) is 0 Å². The SMILES string of the molecule is O=C(CCBr)N1CCC2(CCCCC2)CC1. The molecule has 2 rings (SSSR count). The zero-order chi connectivity index (χ0) is 11.4. The largest absolute Gasteiger partial charge is 0.343 e. The van der Waals surface area contributed by atoms with E-state index in [1.165, 1.54) is 44.9 Å². The second-order valence-electron chi connectivity index (χ2n) is 5.38. The number of piperidine rings is 1. The number of hydrogen-bond acceptors (Lipinski definition) is 1. The molecule has 0 aromatic rings. The Kier molecular flexibility index (Phi) is 4.28. The molecular weight excluding hydrogens is 266 g/mol. The van der Waals surface area contributed by atoms with Crippen molar-refractivity contribution in [1.29, 1.82) is 0 Å². The highest BCUT2D eigenvalue weighted by Crippen LogP contribution is 2.44. The third-order valence-corrected chi connectivity index (χ3v) is 4.80. The van der Waals surface area contributed by atoms with Gasteiger partial charge in [0, 0.05) is 24.8 Å². The summed E-state index contributed by atoms with van der Waals surface area (Å²) < 4.78 is 0. The van der Waals surface area contributed by atoms with Crippen molar-refractivity contribution in [1.82, 2.24) is 4.90 Å². The minimum Gasteiger partial charge on any atom is -0.343 e. The van der Waals surface area contributed by atoms with Crippen molar-refractivity contribution in [3.8, 4) is 0 Å². The molecule has 2 fully saturated rings. The Balaban J connectivity index is 1.83. The van der Waals surface area contributed by atoms with Crippen LogP contribution in [0.3, 0.4) is 0 Å². The Morgan fingerprint density at radius 1 is 1.06 bits per heavy atom. The highest BCUT2D eigenvalue weighted by atomic mass is 79.9. The van der Waals surface area contributed by atoms with Crippen LogP contribution in [0.4, 0.5) is 0 Å². The monoisotopic (exact) mass is 287 g/mol. The lowest BCUT2D eigenvalue weighted by molar-refractivity contribution is -0.133. The second kappa shape index (κ2) is 5.52. The van der Waals surface area contributed by atoms with E-state index in [-0.39, 0.29) is 0 Å². The van der Waals surface area contributed by atoms with E-state index in [0.717, 1.165) is 18.4 Å². The normalized spacial score (nSPS) is 24.7. The van der Waals surface area contributed by atoms with Gasteiger partial charge in [0.15, 0.2) is 0 Å². The van der Waals surface area contributed by atoms with Gasteiger partial charge in [-0.05, 0) is 31.1 Å². The Bertz CT molecular complexity index is 238. The van der Waals surface area contributed by atoms with Gasteiger partial charge < -0.3 is 4.90 Å². The standard InChI is InChI=1S/C13H22BrNO/c14-9-4-12(16)15-10-7-13(8-11-15)5-2-1-3-6-13/h1-11H2. The van der Waals surface area contributed by atoms with Crippen LogP contribution in [0.5, 0.6) is 0 Å². The van der Waals surface area contributed by atoms with Crippen LogP contribution in [0.25, 0.3) is 0 Å². The third-order valence-electron chi connectivity index (χ3n) is 4.40. The minimum atomic E-state index is 0.336. The molecule has 0 aromatic carbocycles. The average Bonchev–Trinajstić information content (AvgIpc) is 2.31. The lowest BCUT2D eigenvalue weighted by Gasteiger charge is -2.44. The fourth-order valence-corrected chi connectivity index (χ4v) is 3.61. The molecule has 1 spiro atoms. The summed E-state index contributed by atoms with van der Waals surface area (Å²) in [5.74, 6) is 0.336. The Labute approximate surface area is 107 Å². The van der Waals surface area contributed by atoms with E-state index in [1.54, 1.807) is 0 Å². The van der Waals surface area contributed by atoms with Gasteiger partial charge in [-0.25, -0.2) is 0 Å². The molecule has 3 heteroatoms. The molecule has 0 radical (unpaired) electrons. The van der Waals surface area contributed by atoms with Crippen molar-refractivity contribution in [2.24, 2.45) is 5.41 Å². The molecule has 0 N–H and O–H groups in total. The molecule has 1 aliphatic heterocycles. The smallest absolute Gasteiger partial charge is 0.223 e. The first-order valence-corrected chi connectivity index (χ1v) is 7.72. The molecule has 1 saturated heterocycles. The number of carbonyl (C=O) groups excluding carboxylic acids is 1. The van der Waals surface area contributed by atoms with Crippen LogP contribution in [-0.2, 0) is 4.79 Å². The summed E-state index contributed by atoms with van der Waals surface area (Å²) in [6.07, 6.45) is 10.2. The van der Waals surface area contributed by atoms with Crippen LogP contribution < -0.4 is 0 Å². The Hall–Kier alpha value is -0.0500. The fraction of sp³-hybridized carbons (Fsp3) is 0.923. The number of rotatable bonds is 2. The highest BCUT2D eigenvalue weighted by Gasteiger charge is 2.36. The summed E-state index contributed by atoms with van der Waals surface area (Å²) in [5.41, 5.74) is 0.615. The lowest BCUT2D eigenvalue weighted by atomic mass is 9.68. The highest BCUT2D eigenvalue weighted by molar-refractivity contribution is 9.09. The van der Waals surface area contributed by atoms with Gasteiger partial charge in [-0.3, -0.25) is 4.79 Å². The van der Waals surface area contributed by atoms with Crippen LogP contribution in [0.2, 0.25) is 0 Å². The molecule has 1 heterocycles. The zero-order valence-corrected chi connectivity index (χ0v) is 11.6. The van der Waals surface area contributed by atoms with Crippen LogP contribution in [0, 0.1) is 5.41 Å². The first-order chi connectivity index (χ1) is 7.76. The Morgan fingerprint density at radius 2 is 1.69 bits per heavy atom. The predicted molar refractivity (Wildman–Crippen MR) is 69.7 cm³/mol. The summed E-state index contributed by atoms with van der Waals surface area (Å²) in [4.78, 5) is 13.8. The fourth-order valence-electron chi connectivity index (χ4n) is 3.27. The van der Waals surface area contributed by atoms with Gasteiger partial charge in [-0.2, -0.15) is 0 Å². The molecule has 16 heavy (non-hydrogen) atoms. The van der Waals surface area contributed by atoms with Crippen molar-refractivity contribution in [2.75, 3.05) is 18.4 Å². The summed E-state index contributed by atoms with van der Waals surface area (Å²) in [5, 5.41) is 0.799. The van der Waals surface area contributed by atoms with E-state index < -0.39 is 0 Å². The second-order valence-corrected chi connectivity index (χ2v) is 6.17. The molecule has 1 saturated carbocycles. The van der Waals surface area contributed by atoms with E-state index in [1.807, 2.05) is 0 Å². The summed E-state index contributed by atoms with van der Waals surface area (Å²) in [6, 6.07) is 0. The minimum absolute atomic E-state index is 0.336. The maximum absolute atomic E-state index is 11.8. The van der Waals surface area contributed by atoms with Gasteiger partial charge in [-0.15, -0.1) is 0 Å². The van der Waals surface area contributed by atoms with Crippen LogP contribution in [0.15, 0.2) is 0 Å². The molecule has 0 unspecified atom stereocenters. The molecule has 92 valence electrons. The van der Waals surface area contributed by atoms with Gasteiger partial charge in [0.05, 0.1) is 0 Å². The van der Waals surface area contributed by atoms with Crippen molar-refractivity contribution in [3.63, 3.8) is 0 Å². The molecule has 0 aromatic heterocycles. The molecule has 0 bridgehead atoms. The molecule has 1 aliphatic carbocycles. The van der Waals surface area contributed by atoms with Gasteiger partial charge in [0.25, 0.3) is 0 Å². The molecule has 1 amide bonds. The maximum atomic E-state index is 11.8. The number of hydrogen-bond donors (Lipinski definition) is 0. The van der Waals surface area contributed by atoms with Crippen molar-refractivity contribution in [2.45, 2.75) is 51.4 Å². The number of nitrogens with zero attached hydrogens (tertiary/aromatic N) is 1. The predicted octanol–water partition coefficient (Wildman–Crippen LogP) is 3.34. The van der Waals surface area contributed by atoms with E-state index >= 15 is 0 Å². The lowest BCUT2D eigenvalue weighted by Crippen LogP contribution is -2.43. The van der Waals surface area contributed by atoms with Gasteiger partial charge in [-0.1, -0.05) is 35.2 Å². The van der Waals surface area contributed by atoms with Crippen molar-refractivity contribution < 1.29 is 4.79 Å². The third kappa shape index (κ3) is 2.79. The quantitative estimate of drug-likeness (QED) is 0.714. The van der Waals surface area contributed by atoms with E-state index in [9.17, 15) is 4.79 Å². The maximum Gasteiger partial charge on any atom is 0.223 e. The Morgan fingerprint density at radius 3 is 2.25 bits per heavy atom. The first kappa shape index (κ1) is 12.4. The van der Waals surface area contributed by atoms with Gasteiger partial charge in [0.2, 0.25) is 5.91 Å². The average molecular weight is 288 g/mol. The molecule has 0 atom stereocenters. The molecule has 2 aliphatic rings. The van der Waals surface area contributed by atoms with Crippen LogP contribution >= 0.6 is 15.9 Å². The van der Waals surface area contributed by atoms with E-state index in [2.05, 4.69) is 20.8 Å². The van der Waals surface area contributed by atoms with E-state index in [0.29, 0.717) is 17.7 Å². The van der Waals surface area contributed by atoms with Gasteiger partial charge >= 0.3 is 0 Å². The van der Waals surface area contributed by atoms with Gasteiger partial charge in [0.1, 0.15) is 0 Å². The molecular formula is C13H22BrNO.